The zero-order valence-electron chi connectivity index (χ0n) is 9.44. The van der Waals surface area contributed by atoms with Crippen molar-refractivity contribution in [2.75, 3.05) is 13.1 Å². The van der Waals surface area contributed by atoms with Crippen LogP contribution in [0.25, 0.3) is 0 Å². The predicted molar refractivity (Wildman–Crippen MR) is 71.4 cm³/mol. The van der Waals surface area contributed by atoms with Gasteiger partial charge in [0.15, 0.2) is 0 Å². The quantitative estimate of drug-likeness (QED) is 0.804. The number of halogens is 1. The molecule has 0 aromatic carbocycles. The van der Waals surface area contributed by atoms with Crippen LogP contribution in [0.1, 0.15) is 26.7 Å². The molecule has 0 bridgehead atoms. The Morgan fingerprint density at radius 1 is 1.44 bits per heavy atom. The van der Waals surface area contributed by atoms with E-state index in [-0.39, 0.29) is 0 Å². The summed E-state index contributed by atoms with van der Waals surface area (Å²) in [7, 11) is -3.31. The molecule has 92 valence electrons. The van der Waals surface area contributed by atoms with Crippen molar-refractivity contribution in [1.29, 1.82) is 0 Å². The Morgan fingerprint density at radius 3 is 2.56 bits per heavy atom. The van der Waals surface area contributed by atoms with Crippen LogP contribution in [0.4, 0.5) is 0 Å². The highest BCUT2D eigenvalue weighted by Crippen LogP contribution is 2.30. The summed E-state index contributed by atoms with van der Waals surface area (Å²) < 4.78 is 27.1. The SMILES string of the molecule is CCCCN(CC)S(=O)(=O)c1sccc1Br. The first-order valence-corrected chi connectivity index (χ1v) is 8.38. The minimum atomic E-state index is -3.31. The van der Waals surface area contributed by atoms with E-state index in [1.54, 1.807) is 11.4 Å². The van der Waals surface area contributed by atoms with E-state index in [1.165, 1.54) is 15.6 Å². The summed E-state index contributed by atoms with van der Waals surface area (Å²) in [6.45, 7) is 5.04. The summed E-state index contributed by atoms with van der Waals surface area (Å²) >= 11 is 4.53. The molecule has 0 saturated heterocycles. The summed E-state index contributed by atoms with van der Waals surface area (Å²) in [5, 5.41) is 1.78. The Labute approximate surface area is 110 Å². The van der Waals surface area contributed by atoms with Gasteiger partial charge in [0.05, 0.1) is 0 Å². The van der Waals surface area contributed by atoms with Crippen LogP contribution in [0.2, 0.25) is 0 Å². The monoisotopic (exact) mass is 325 g/mol. The van der Waals surface area contributed by atoms with Crippen LogP contribution in [0.15, 0.2) is 20.1 Å². The fourth-order valence-electron chi connectivity index (χ4n) is 1.36. The van der Waals surface area contributed by atoms with Crippen LogP contribution in [0.3, 0.4) is 0 Å². The van der Waals surface area contributed by atoms with Gasteiger partial charge in [-0.05, 0) is 33.8 Å². The topological polar surface area (TPSA) is 37.4 Å². The third kappa shape index (κ3) is 3.06. The number of unbranched alkanes of at least 4 members (excludes halogenated alkanes) is 1. The molecule has 6 heteroatoms. The summed E-state index contributed by atoms with van der Waals surface area (Å²) in [5.74, 6) is 0. The number of hydrogen-bond acceptors (Lipinski definition) is 3. The average Bonchev–Trinajstić information content (AvgIpc) is 2.66. The molecule has 1 aromatic rings. The fourth-order valence-corrected chi connectivity index (χ4v) is 5.30. The smallest absolute Gasteiger partial charge is 0.206 e. The van der Waals surface area contributed by atoms with Crippen LogP contribution in [0.5, 0.6) is 0 Å². The zero-order chi connectivity index (χ0) is 12.2. The normalized spacial score (nSPS) is 12.2. The molecule has 3 nitrogen and oxygen atoms in total. The van der Waals surface area contributed by atoms with E-state index < -0.39 is 10.0 Å². The lowest BCUT2D eigenvalue weighted by Gasteiger charge is -2.19. The number of hydrogen-bond donors (Lipinski definition) is 0. The summed E-state index contributed by atoms with van der Waals surface area (Å²) in [5.41, 5.74) is 0. The number of nitrogens with zero attached hydrogens (tertiary/aromatic N) is 1. The summed E-state index contributed by atoms with van der Waals surface area (Å²) in [6, 6.07) is 1.77. The maximum absolute atomic E-state index is 12.3. The van der Waals surface area contributed by atoms with E-state index in [0.717, 1.165) is 12.8 Å². The van der Waals surface area contributed by atoms with Gasteiger partial charge < -0.3 is 0 Å². The molecule has 0 N–H and O–H groups in total. The lowest BCUT2D eigenvalue weighted by Crippen LogP contribution is -2.31. The van der Waals surface area contributed by atoms with Crippen molar-refractivity contribution in [3.63, 3.8) is 0 Å². The minimum Gasteiger partial charge on any atom is -0.206 e. The van der Waals surface area contributed by atoms with Crippen LogP contribution >= 0.6 is 27.3 Å². The second-order valence-corrected chi connectivity index (χ2v) is 7.31. The van der Waals surface area contributed by atoms with Gasteiger partial charge in [-0.25, -0.2) is 8.42 Å². The Morgan fingerprint density at radius 2 is 2.12 bits per heavy atom. The largest absolute Gasteiger partial charge is 0.253 e. The molecule has 0 aliphatic rings. The van der Waals surface area contributed by atoms with Crippen LogP contribution in [-0.4, -0.2) is 25.8 Å². The maximum atomic E-state index is 12.3. The highest BCUT2D eigenvalue weighted by molar-refractivity contribution is 9.10. The molecule has 0 fully saturated rings. The van der Waals surface area contributed by atoms with E-state index >= 15 is 0 Å². The second-order valence-electron chi connectivity index (χ2n) is 3.41. The predicted octanol–water partition coefficient (Wildman–Crippen LogP) is 3.32. The standard InChI is InChI=1S/C10H16BrNO2S2/c1-3-5-7-12(4-2)16(13,14)10-9(11)6-8-15-10/h6,8H,3-5,7H2,1-2H3. The van der Waals surface area contributed by atoms with Crippen molar-refractivity contribution in [2.24, 2.45) is 0 Å². The van der Waals surface area contributed by atoms with Gasteiger partial charge in [0.1, 0.15) is 4.21 Å². The molecule has 16 heavy (non-hydrogen) atoms. The Balaban J connectivity index is 2.95. The van der Waals surface area contributed by atoms with Gasteiger partial charge in [-0.15, -0.1) is 11.3 Å². The Bertz CT molecular complexity index is 428. The van der Waals surface area contributed by atoms with E-state index in [4.69, 9.17) is 0 Å². The molecule has 0 radical (unpaired) electrons. The van der Waals surface area contributed by atoms with Crippen LogP contribution in [0, 0.1) is 0 Å². The average molecular weight is 326 g/mol. The first-order valence-electron chi connectivity index (χ1n) is 5.27. The molecule has 0 aliphatic carbocycles. The molecule has 1 heterocycles. The first kappa shape index (κ1) is 14.2. The summed E-state index contributed by atoms with van der Waals surface area (Å²) in [6.07, 6.45) is 1.90. The summed E-state index contributed by atoms with van der Waals surface area (Å²) in [4.78, 5) is 0. The molecule has 1 aromatic heterocycles. The van der Waals surface area contributed by atoms with E-state index in [9.17, 15) is 8.42 Å². The lowest BCUT2D eigenvalue weighted by molar-refractivity contribution is 0.420. The van der Waals surface area contributed by atoms with Gasteiger partial charge in [0.25, 0.3) is 10.0 Å². The molecule has 0 atom stereocenters. The first-order chi connectivity index (χ1) is 7.54. The third-order valence-corrected chi connectivity index (χ3v) is 6.89. The Hall–Kier alpha value is 0.0900. The highest BCUT2D eigenvalue weighted by atomic mass is 79.9. The molecule has 0 unspecified atom stereocenters. The molecule has 0 amide bonds. The van der Waals surface area contributed by atoms with Crippen molar-refractivity contribution in [3.05, 3.63) is 15.9 Å². The van der Waals surface area contributed by atoms with Crippen LogP contribution < -0.4 is 0 Å². The Kier molecular flexibility index (Phi) is 5.43. The van der Waals surface area contributed by atoms with Crippen molar-refractivity contribution in [3.8, 4) is 0 Å². The lowest BCUT2D eigenvalue weighted by atomic mass is 10.3. The van der Waals surface area contributed by atoms with E-state index in [1.807, 2.05) is 6.92 Å². The third-order valence-electron chi connectivity index (χ3n) is 2.27. The van der Waals surface area contributed by atoms with Gasteiger partial charge >= 0.3 is 0 Å². The van der Waals surface area contributed by atoms with Gasteiger partial charge in [0.2, 0.25) is 0 Å². The van der Waals surface area contributed by atoms with E-state index in [0.29, 0.717) is 21.8 Å². The van der Waals surface area contributed by atoms with Gasteiger partial charge in [-0.1, -0.05) is 20.3 Å². The van der Waals surface area contributed by atoms with Crippen molar-refractivity contribution in [2.45, 2.75) is 30.9 Å². The van der Waals surface area contributed by atoms with Crippen molar-refractivity contribution >= 4 is 37.3 Å². The second kappa shape index (κ2) is 6.14. The van der Waals surface area contributed by atoms with Crippen LogP contribution in [-0.2, 0) is 10.0 Å². The molecule has 0 saturated carbocycles. The fraction of sp³-hybridized carbons (Fsp3) is 0.600. The molecule has 1 rings (SSSR count). The molecular formula is C10H16BrNO2S2. The highest BCUT2D eigenvalue weighted by Gasteiger charge is 2.25. The minimum absolute atomic E-state index is 0.408. The van der Waals surface area contributed by atoms with Gasteiger partial charge in [0, 0.05) is 17.6 Å². The number of sulfonamides is 1. The van der Waals surface area contributed by atoms with Crippen molar-refractivity contribution in [1.82, 2.24) is 4.31 Å². The van der Waals surface area contributed by atoms with E-state index in [2.05, 4.69) is 22.9 Å². The van der Waals surface area contributed by atoms with Gasteiger partial charge in [-0.3, -0.25) is 0 Å². The molecule has 0 spiro atoms. The molecule has 0 aliphatic heterocycles. The van der Waals surface area contributed by atoms with Gasteiger partial charge in [-0.2, -0.15) is 4.31 Å². The number of rotatable bonds is 6. The number of thiophene rings is 1. The maximum Gasteiger partial charge on any atom is 0.253 e. The zero-order valence-corrected chi connectivity index (χ0v) is 12.7. The van der Waals surface area contributed by atoms with Crippen molar-refractivity contribution < 1.29 is 8.42 Å². The molecular weight excluding hydrogens is 310 g/mol.